The van der Waals surface area contributed by atoms with E-state index in [2.05, 4.69) is 22.5 Å². The van der Waals surface area contributed by atoms with E-state index in [9.17, 15) is 13.2 Å². The van der Waals surface area contributed by atoms with Crippen molar-refractivity contribution in [2.45, 2.75) is 30.6 Å². The van der Waals surface area contributed by atoms with Gasteiger partial charge in [0.15, 0.2) is 5.13 Å². The minimum absolute atomic E-state index is 0.0239. The van der Waals surface area contributed by atoms with Crippen molar-refractivity contribution in [3.63, 3.8) is 0 Å². The van der Waals surface area contributed by atoms with Crippen LogP contribution < -0.4 is 5.32 Å². The Hall–Kier alpha value is -1.77. The van der Waals surface area contributed by atoms with Crippen molar-refractivity contribution >= 4 is 42.6 Å². The molecule has 3 unspecified atom stereocenters. The zero-order chi connectivity index (χ0) is 18.6. The molecular weight excluding hydrogens is 382 g/mol. The highest BCUT2D eigenvalue weighted by molar-refractivity contribution is 7.89. The lowest BCUT2D eigenvalue weighted by Gasteiger charge is -2.16. The van der Waals surface area contributed by atoms with Crippen LogP contribution in [-0.2, 0) is 14.8 Å². The number of hydrogen-bond donors (Lipinski definition) is 1. The van der Waals surface area contributed by atoms with Crippen LogP contribution in [0.2, 0.25) is 0 Å². The summed E-state index contributed by atoms with van der Waals surface area (Å²) in [4.78, 5) is 17.4. The van der Waals surface area contributed by atoms with Gasteiger partial charge in [0.2, 0.25) is 15.9 Å². The van der Waals surface area contributed by atoms with E-state index in [-0.39, 0.29) is 11.8 Å². The summed E-state index contributed by atoms with van der Waals surface area (Å²) in [6.07, 6.45) is 8.19. The van der Waals surface area contributed by atoms with Crippen molar-refractivity contribution in [1.82, 2.24) is 9.29 Å². The van der Waals surface area contributed by atoms with Gasteiger partial charge >= 0.3 is 0 Å². The van der Waals surface area contributed by atoms with Crippen molar-refractivity contribution in [2.24, 2.45) is 17.8 Å². The largest absolute Gasteiger partial charge is 0.302 e. The topological polar surface area (TPSA) is 79.4 Å². The fraction of sp³-hybridized carbons (Fsp3) is 0.474. The lowest BCUT2D eigenvalue weighted by atomic mass is 9.93. The second-order valence-corrected chi connectivity index (χ2v) is 10.6. The maximum absolute atomic E-state index is 12.7. The molecule has 1 saturated carbocycles. The van der Waals surface area contributed by atoms with Crippen LogP contribution in [0, 0.1) is 17.8 Å². The van der Waals surface area contributed by atoms with Gasteiger partial charge in [-0.15, -0.1) is 0 Å². The predicted molar refractivity (Wildman–Crippen MR) is 105 cm³/mol. The number of fused-ring (bicyclic) bond motifs is 3. The molecule has 8 heteroatoms. The van der Waals surface area contributed by atoms with Crippen molar-refractivity contribution in [2.75, 3.05) is 18.4 Å². The van der Waals surface area contributed by atoms with Crippen LogP contribution in [0.5, 0.6) is 0 Å². The minimum Gasteiger partial charge on any atom is -0.302 e. The number of carbonyl (C=O) groups excluding carboxylic acids is 1. The number of benzene rings is 1. The summed E-state index contributed by atoms with van der Waals surface area (Å²) in [6, 6.07) is 5.02. The monoisotopic (exact) mass is 403 g/mol. The molecule has 6 nitrogen and oxygen atoms in total. The second-order valence-electron chi connectivity index (χ2n) is 7.64. The zero-order valence-electron chi connectivity index (χ0n) is 14.8. The van der Waals surface area contributed by atoms with E-state index in [0.29, 0.717) is 40.5 Å². The van der Waals surface area contributed by atoms with Gasteiger partial charge in [-0.05, 0) is 55.7 Å². The summed E-state index contributed by atoms with van der Waals surface area (Å²) in [6.45, 7) is 1.17. The Kier molecular flexibility index (Phi) is 4.10. The van der Waals surface area contributed by atoms with E-state index in [4.69, 9.17) is 0 Å². The van der Waals surface area contributed by atoms with Crippen LogP contribution in [0.3, 0.4) is 0 Å². The number of carbonyl (C=O) groups is 1. The number of aromatic nitrogens is 1. The summed E-state index contributed by atoms with van der Waals surface area (Å²) in [5.41, 5.74) is 0.712. The van der Waals surface area contributed by atoms with Crippen molar-refractivity contribution in [3.8, 4) is 0 Å². The third-order valence-electron chi connectivity index (χ3n) is 5.91. The summed E-state index contributed by atoms with van der Waals surface area (Å²) in [7, 11) is -3.45. The third kappa shape index (κ3) is 2.99. The van der Waals surface area contributed by atoms with Gasteiger partial charge < -0.3 is 5.32 Å². The van der Waals surface area contributed by atoms with Crippen LogP contribution in [0.1, 0.15) is 25.7 Å². The van der Waals surface area contributed by atoms with Gasteiger partial charge in [0.05, 0.1) is 15.1 Å². The highest BCUT2D eigenvalue weighted by Crippen LogP contribution is 2.44. The molecule has 2 aliphatic carbocycles. The fourth-order valence-electron chi connectivity index (χ4n) is 4.48. The first-order valence-corrected chi connectivity index (χ1v) is 11.7. The molecule has 1 amide bonds. The molecule has 0 spiro atoms. The maximum Gasteiger partial charge on any atom is 0.243 e. The molecule has 2 aromatic rings. The number of nitrogens with zero attached hydrogens (tertiary/aromatic N) is 2. The first-order chi connectivity index (χ1) is 13.0. The smallest absolute Gasteiger partial charge is 0.243 e. The summed E-state index contributed by atoms with van der Waals surface area (Å²) < 4.78 is 27.8. The number of rotatable bonds is 4. The van der Waals surface area contributed by atoms with E-state index >= 15 is 0 Å². The van der Waals surface area contributed by atoms with Gasteiger partial charge in [-0.25, -0.2) is 13.4 Å². The van der Waals surface area contributed by atoms with Gasteiger partial charge in [0.1, 0.15) is 0 Å². The Bertz CT molecular complexity index is 1040. The van der Waals surface area contributed by atoms with Crippen LogP contribution in [0.4, 0.5) is 5.13 Å². The minimum atomic E-state index is -3.45. The lowest BCUT2D eigenvalue weighted by Crippen LogP contribution is -2.27. The third-order valence-corrected chi connectivity index (χ3v) is 8.74. The number of allylic oxidation sites excluding steroid dienone is 2. The summed E-state index contributed by atoms with van der Waals surface area (Å²) in [5.74, 6) is 0.940. The molecule has 27 heavy (non-hydrogen) atoms. The SMILES string of the molecule is O=C(Nc1nc2ccc(S(=O)(=O)N3CCCC3)cc2s1)C1CC2C=CC1C2. The van der Waals surface area contributed by atoms with Crippen molar-refractivity contribution in [3.05, 3.63) is 30.4 Å². The Balaban J connectivity index is 1.38. The molecule has 3 atom stereocenters. The Morgan fingerprint density at radius 1 is 1.19 bits per heavy atom. The molecule has 1 N–H and O–H groups in total. The standard InChI is InChI=1S/C19H21N3O3S2/c23-18(15-10-12-3-4-13(15)9-12)21-19-20-16-6-5-14(11-17(16)26-19)27(24,25)22-7-1-2-8-22/h3-6,11-13,15H,1-2,7-10H2,(H,20,21,23). The Labute approximate surface area is 162 Å². The number of nitrogens with one attached hydrogen (secondary N) is 1. The van der Waals surface area contributed by atoms with Crippen LogP contribution in [-0.4, -0.2) is 36.7 Å². The van der Waals surface area contributed by atoms with Gasteiger partial charge in [-0.1, -0.05) is 23.5 Å². The highest BCUT2D eigenvalue weighted by Gasteiger charge is 2.40. The maximum atomic E-state index is 12.7. The molecule has 5 rings (SSSR count). The molecule has 1 aliphatic heterocycles. The molecule has 1 saturated heterocycles. The van der Waals surface area contributed by atoms with Crippen molar-refractivity contribution in [1.29, 1.82) is 0 Å². The number of sulfonamides is 1. The molecule has 2 bridgehead atoms. The molecule has 2 fully saturated rings. The average Bonchev–Trinajstić information content (AvgIpc) is 3.43. The van der Waals surface area contributed by atoms with E-state index in [1.54, 1.807) is 22.5 Å². The molecular formula is C19H21N3O3S2. The molecule has 1 aromatic carbocycles. The number of hydrogen-bond acceptors (Lipinski definition) is 5. The summed E-state index contributed by atoms with van der Waals surface area (Å²) >= 11 is 1.33. The van der Waals surface area contributed by atoms with E-state index in [1.807, 2.05) is 0 Å². The average molecular weight is 404 g/mol. The molecule has 3 aliphatic rings. The van der Waals surface area contributed by atoms with Gasteiger partial charge in [0, 0.05) is 19.0 Å². The Morgan fingerprint density at radius 3 is 2.70 bits per heavy atom. The fourth-order valence-corrected chi connectivity index (χ4v) is 7.00. The first kappa shape index (κ1) is 17.3. The van der Waals surface area contributed by atoms with E-state index in [1.165, 1.54) is 11.3 Å². The van der Waals surface area contributed by atoms with Crippen LogP contribution in [0.15, 0.2) is 35.2 Å². The van der Waals surface area contributed by atoms with Gasteiger partial charge in [-0.3, -0.25) is 4.79 Å². The predicted octanol–water partition coefficient (Wildman–Crippen LogP) is 3.23. The molecule has 2 heterocycles. The van der Waals surface area contributed by atoms with Crippen LogP contribution >= 0.6 is 11.3 Å². The highest BCUT2D eigenvalue weighted by atomic mass is 32.2. The van der Waals surface area contributed by atoms with Crippen LogP contribution in [0.25, 0.3) is 10.2 Å². The quantitative estimate of drug-likeness (QED) is 0.795. The number of anilines is 1. The normalized spacial score (nSPS) is 27.6. The molecule has 0 radical (unpaired) electrons. The van der Waals surface area contributed by atoms with Gasteiger partial charge in [-0.2, -0.15) is 4.31 Å². The van der Waals surface area contributed by atoms with E-state index < -0.39 is 10.0 Å². The van der Waals surface area contributed by atoms with Crippen molar-refractivity contribution < 1.29 is 13.2 Å². The lowest BCUT2D eigenvalue weighted by molar-refractivity contribution is -0.120. The zero-order valence-corrected chi connectivity index (χ0v) is 16.4. The number of thiazole rings is 1. The molecule has 1 aromatic heterocycles. The van der Waals surface area contributed by atoms with Gasteiger partial charge in [0.25, 0.3) is 0 Å². The molecule has 142 valence electrons. The first-order valence-electron chi connectivity index (χ1n) is 9.41. The van der Waals surface area contributed by atoms with E-state index in [0.717, 1.165) is 30.4 Å². The second kappa shape index (κ2) is 6.39. The number of amides is 1. The Morgan fingerprint density at radius 2 is 2.00 bits per heavy atom. The summed E-state index contributed by atoms with van der Waals surface area (Å²) in [5, 5.41) is 3.49.